The molecule has 5 nitrogen and oxygen atoms in total. The molecule has 1 aromatic rings. The molecule has 0 amide bonds. The largest absolute Gasteiger partial charge is 0.372 e. The summed E-state index contributed by atoms with van der Waals surface area (Å²) < 4.78 is 33.6. The summed E-state index contributed by atoms with van der Waals surface area (Å²) in [6.45, 7) is 5.81. The van der Waals surface area contributed by atoms with Crippen LogP contribution in [0.25, 0.3) is 0 Å². The van der Waals surface area contributed by atoms with Crippen molar-refractivity contribution in [3.63, 3.8) is 0 Å². The van der Waals surface area contributed by atoms with Crippen LogP contribution in [-0.4, -0.2) is 49.3 Å². The lowest BCUT2D eigenvalue weighted by atomic mass is 10.1. The Kier molecular flexibility index (Phi) is 3.96. The van der Waals surface area contributed by atoms with Crippen LogP contribution in [0.1, 0.15) is 37.3 Å². The van der Waals surface area contributed by atoms with Crippen LogP contribution in [0.3, 0.4) is 0 Å². The van der Waals surface area contributed by atoms with Crippen molar-refractivity contribution in [1.82, 2.24) is 9.21 Å². The molecule has 3 aliphatic heterocycles. The van der Waals surface area contributed by atoms with Crippen LogP contribution in [0.2, 0.25) is 0 Å². The molecule has 126 valence electrons. The first-order valence-corrected chi connectivity index (χ1v) is 9.99. The van der Waals surface area contributed by atoms with Gasteiger partial charge < -0.3 is 4.74 Å². The molecule has 0 aromatic heterocycles. The highest BCUT2D eigenvalue weighted by Gasteiger charge is 2.41. The zero-order valence-electron chi connectivity index (χ0n) is 13.6. The van der Waals surface area contributed by atoms with Gasteiger partial charge in [0.15, 0.2) is 0 Å². The molecular weight excluding hydrogens is 312 g/mol. The molecule has 0 spiro atoms. The van der Waals surface area contributed by atoms with Crippen molar-refractivity contribution in [2.75, 3.05) is 19.6 Å². The highest BCUT2D eigenvalue weighted by Crippen LogP contribution is 2.31. The maximum Gasteiger partial charge on any atom is 0.243 e. The van der Waals surface area contributed by atoms with Crippen molar-refractivity contribution in [1.29, 1.82) is 0 Å². The lowest BCUT2D eigenvalue weighted by Crippen LogP contribution is -2.57. The van der Waals surface area contributed by atoms with Gasteiger partial charge in [-0.3, -0.25) is 4.90 Å². The maximum atomic E-state index is 13.2. The quantitative estimate of drug-likeness (QED) is 0.847. The van der Waals surface area contributed by atoms with Crippen molar-refractivity contribution in [2.45, 2.75) is 56.4 Å². The first-order valence-electron chi connectivity index (χ1n) is 8.55. The zero-order valence-corrected chi connectivity index (χ0v) is 14.4. The number of nitrogens with zero attached hydrogens (tertiary/aromatic N) is 2. The predicted molar refractivity (Wildman–Crippen MR) is 87.5 cm³/mol. The Bertz CT molecular complexity index is 704. The van der Waals surface area contributed by atoms with Crippen molar-refractivity contribution < 1.29 is 13.2 Å². The van der Waals surface area contributed by atoms with E-state index < -0.39 is 10.0 Å². The normalized spacial score (nSPS) is 28.7. The minimum atomic E-state index is -3.43. The summed E-state index contributed by atoms with van der Waals surface area (Å²) in [5.41, 5.74) is 2.12. The van der Waals surface area contributed by atoms with E-state index in [1.54, 1.807) is 10.4 Å². The summed E-state index contributed by atoms with van der Waals surface area (Å²) in [5, 5.41) is 0. The number of ether oxygens (including phenoxy) is 1. The molecule has 0 saturated carbocycles. The third-order valence-electron chi connectivity index (χ3n) is 5.51. The Hall–Kier alpha value is -0.950. The first-order chi connectivity index (χ1) is 11.1. The van der Waals surface area contributed by atoms with Crippen LogP contribution in [0.15, 0.2) is 23.1 Å². The average Bonchev–Trinajstić information content (AvgIpc) is 3.20. The van der Waals surface area contributed by atoms with Gasteiger partial charge in [-0.15, -0.1) is 0 Å². The number of rotatable bonds is 3. The Balaban J connectivity index is 1.66. The molecule has 0 radical (unpaired) electrons. The summed E-state index contributed by atoms with van der Waals surface area (Å²) in [5.74, 6) is 0. The van der Waals surface area contributed by atoms with E-state index in [4.69, 9.17) is 4.74 Å². The van der Waals surface area contributed by atoms with Gasteiger partial charge in [-0.2, -0.15) is 4.31 Å². The van der Waals surface area contributed by atoms with E-state index in [1.165, 1.54) is 6.42 Å². The molecule has 6 heteroatoms. The lowest BCUT2D eigenvalue weighted by molar-refractivity contribution is 0.106. The van der Waals surface area contributed by atoms with Gasteiger partial charge in [0.05, 0.1) is 18.1 Å². The van der Waals surface area contributed by atoms with Gasteiger partial charge in [0.1, 0.15) is 0 Å². The number of hydrogen-bond donors (Lipinski definition) is 0. The minimum absolute atomic E-state index is 0.0823. The molecule has 3 heterocycles. The second kappa shape index (κ2) is 5.84. The van der Waals surface area contributed by atoms with Crippen molar-refractivity contribution in [2.24, 2.45) is 0 Å². The van der Waals surface area contributed by atoms with Crippen LogP contribution in [-0.2, 0) is 28.0 Å². The lowest BCUT2D eigenvalue weighted by Gasteiger charge is -2.42. The molecule has 0 unspecified atom stereocenters. The fraction of sp³-hybridized carbons (Fsp3) is 0.647. The topological polar surface area (TPSA) is 49.9 Å². The van der Waals surface area contributed by atoms with Crippen LogP contribution in [0, 0.1) is 0 Å². The molecule has 0 aliphatic carbocycles. The minimum Gasteiger partial charge on any atom is -0.372 e. The summed E-state index contributed by atoms with van der Waals surface area (Å²) >= 11 is 0. The van der Waals surface area contributed by atoms with E-state index in [0.717, 1.165) is 37.1 Å². The van der Waals surface area contributed by atoms with Crippen molar-refractivity contribution in [3.05, 3.63) is 29.3 Å². The van der Waals surface area contributed by atoms with E-state index in [-0.39, 0.29) is 6.04 Å². The SMILES string of the molecule is CC[C@@H]1CN2CCC[C@H]2CN1S(=O)(=O)c1ccc2c(c1)COC2. The monoisotopic (exact) mass is 336 g/mol. The fourth-order valence-corrected chi connectivity index (χ4v) is 5.91. The standard InChI is InChI=1S/C17H24N2O3S/c1-2-15-9-18-7-3-4-16(18)10-19(15)23(20,21)17-6-5-13-11-22-12-14(13)8-17/h5-6,8,15-16H,2-4,7,9-12H2,1H3/t15-,16+/m1/s1. The second-order valence-electron chi connectivity index (χ2n) is 6.85. The molecule has 0 N–H and O–H groups in total. The van der Waals surface area contributed by atoms with E-state index >= 15 is 0 Å². The molecule has 23 heavy (non-hydrogen) atoms. The van der Waals surface area contributed by atoms with E-state index in [9.17, 15) is 8.42 Å². The summed E-state index contributed by atoms with van der Waals surface area (Å²) in [4.78, 5) is 2.89. The number of benzene rings is 1. The fourth-order valence-electron chi connectivity index (χ4n) is 4.13. The van der Waals surface area contributed by atoms with Gasteiger partial charge >= 0.3 is 0 Å². The Morgan fingerprint density at radius 1 is 1.22 bits per heavy atom. The summed E-state index contributed by atoms with van der Waals surface area (Å²) in [6.07, 6.45) is 3.15. The maximum absolute atomic E-state index is 13.2. The molecule has 2 fully saturated rings. The molecular formula is C17H24N2O3S. The van der Waals surface area contributed by atoms with Crippen LogP contribution < -0.4 is 0 Å². The number of hydrogen-bond acceptors (Lipinski definition) is 4. The molecule has 2 atom stereocenters. The number of sulfonamides is 1. The first kappa shape index (κ1) is 15.6. The van der Waals surface area contributed by atoms with Crippen LogP contribution in [0.5, 0.6) is 0 Å². The summed E-state index contributed by atoms with van der Waals surface area (Å²) in [6, 6.07) is 5.94. The van der Waals surface area contributed by atoms with Gasteiger partial charge in [0.25, 0.3) is 0 Å². The van der Waals surface area contributed by atoms with E-state index in [1.807, 2.05) is 12.1 Å². The van der Waals surface area contributed by atoms with Gasteiger partial charge in [-0.1, -0.05) is 13.0 Å². The number of fused-ring (bicyclic) bond motifs is 2. The zero-order chi connectivity index (χ0) is 16.0. The summed E-state index contributed by atoms with van der Waals surface area (Å²) in [7, 11) is -3.43. The molecule has 1 aromatic carbocycles. The molecule has 4 rings (SSSR count). The predicted octanol–water partition coefficient (Wildman–Crippen LogP) is 1.96. The van der Waals surface area contributed by atoms with Crippen LogP contribution in [0.4, 0.5) is 0 Å². The Labute approximate surface area is 138 Å². The third-order valence-corrected chi connectivity index (χ3v) is 7.43. The molecule has 0 bridgehead atoms. The van der Waals surface area contributed by atoms with Gasteiger partial charge in [-0.25, -0.2) is 8.42 Å². The second-order valence-corrected chi connectivity index (χ2v) is 8.74. The van der Waals surface area contributed by atoms with E-state index in [2.05, 4.69) is 11.8 Å². The highest BCUT2D eigenvalue weighted by atomic mass is 32.2. The van der Waals surface area contributed by atoms with Gasteiger partial charge in [-0.05, 0) is 49.1 Å². The van der Waals surface area contributed by atoms with Crippen LogP contribution >= 0.6 is 0 Å². The Morgan fingerprint density at radius 2 is 2.04 bits per heavy atom. The Morgan fingerprint density at radius 3 is 2.87 bits per heavy atom. The van der Waals surface area contributed by atoms with Crippen molar-refractivity contribution >= 4 is 10.0 Å². The third kappa shape index (κ3) is 2.61. The number of piperazine rings is 1. The molecule has 2 saturated heterocycles. The van der Waals surface area contributed by atoms with E-state index in [0.29, 0.717) is 30.7 Å². The van der Waals surface area contributed by atoms with Gasteiger partial charge in [0, 0.05) is 25.2 Å². The van der Waals surface area contributed by atoms with Crippen molar-refractivity contribution in [3.8, 4) is 0 Å². The molecule has 3 aliphatic rings. The highest BCUT2D eigenvalue weighted by molar-refractivity contribution is 7.89. The van der Waals surface area contributed by atoms with Gasteiger partial charge in [0.2, 0.25) is 10.0 Å². The smallest absolute Gasteiger partial charge is 0.243 e. The average molecular weight is 336 g/mol.